The third kappa shape index (κ3) is 3.24. The maximum Gasteiger partial charge on any atom is 0.143 e. The van der Waals surface area contributed by atoms with Crippen LogP contribution in [0.2, 0.25) is 0 Å². The van der Waals surface area contributed by atoms with Crippen LogP contribution in [0, 0.1) is 0 Å². The first-order valence-corrected chi connectivity index (χ1v) is 8.05. The predicted molar refractivity (Wildman–Crippen MR) is 87.4 cm³/mol. The van der Waals surface area contributed by atoms with E-state index in [1.54, 1.807) is 0 Å². The van der Waals surface area contributed by atoms with Gasteiger partial charge in [0.25, 0.3) is 0 Å². The number of carboxylic acids is 1. The van der Waals surface area contributed by atoms with Gasteiger partial charge in [-0.05, 0) is 61.9 Å². The number of ether oxygens (including phenoxy) is 1. The first-order chi connectivity index (χ1) is 11.0. The van der Waals surface area contributed by atoms with E-state index >= 15 is 0 Å². The van der Waals surface area contributed by atoms with Crippen molar-refractivity contribution in [2.24, 2.45) is 0 Å². The van der Waals surface area contributed by atoms with E-state index in [-0.39, 0.29) is 0 Å². The van der Waals surface area contributed by atoms with Crippen LogP contribution in [0.3, 0.4) is 0 Å². The smallest absolute Gasteiger partial charge is 0.143 e. The van der Waals surface area contributed by atoms with Crippen LogP contribution in [0.5, 0.6) is 5.75 Å². The van der Waals surface area contributed by atoms with Crippen LogP contribution in [0.1, 0.15) is 49.3 Å². The van der Waals surface area contributed by atoms with E-state index in [1.807, 2.05) is 24.3 Å². The molecule has 2 aromatic carbocycles. The minimum Gasteiger partial charge on any atom is -0.546 e. The summed E-state index contributed by atoms with van der Waals surface area (Å²) in [6, 6.07) is 16.4. The van der Waals surface area contributed by atoms with E-state index in [9.17, 15) is 9.90 Å². The summed E-state index contributed by atoms with van der Waals surface area (Å²) in [6.07, 6.45) is 3.48. The SMILES string of the molecule is CC(C)(Oc1ccc([C@H]2CCCc3ccccc32)cc1)C(=O)[O-]. The van der Waals surface area contributed by atoms with Gasteiger partial charge < -0.3 is 14.6 Å². The van der Waals surface area contributed by atoms with Crippen LogP contribution < -0.4 is 9.84 Å². The number of benzene rings is 2. The summed E-state index contributed by atoms with van der Waals surface area (Å²) < 4.78 is 5.51. The van der Waals surface area contributed by atoms with E-state index in [1.165, 1.54) is 37.0 Å². The Balaban J connectivity index is 1.82. The molecule has 0 amide bonds. The number of hydrogen-bond acceptors (Lipinski definition) is 3. The lowest BCUT2D eigenvalue weighted by atomic mass is 9.79. The monoisotopic (exact) mass is 309 g/mol. The Bertz CT molecular complexity index is 701. The highest BCUT2D eigenvalue weighted by Gasteiger charge is 2.23. The van der Waals surface area contributed by atoms with E-state index in [2.05, 4.69) is 24.3 Å². The number of hydrogen-bond donors (Lipinski definition) is 0. The van der Waals surface area contributed by atoms with Gasteiger partial charge in [-0.25, -0.2) is 0 Å². The van der Waals surface area contributed by atoms with Gasteiger partial charge in [-0.2, -0.15) is 0 Å². The third-order valence-corrected chi connectivity index (χ3v) is 4.52. The van der Waals surface area contributed by atoms with Crippen LogP contribution in [0.4, 0.5) is 0 Å². The molecule has 0 heterocycles. The molecule has 23 heavy (non-hydrogen) atoms. The van der Waals surface area contributed by atoms with Crippen molar-refractivity contribution >= 4 is 5.97 Å². The first-order valence-electron chi connectivity index (χ1n) is 8.05. The Morgan fingerprint density at radius 3 is 2.52 bits per heavy atom. The molecule has 2 aromatic rings. The second-order valence-electron chi connectivity index (χ2n) is 6.61. The molecule has 3 heteroatoms. The number of fused-ring (bicyclic) bond motifs is 1. The minimum atomic E-state index is -1.33. The lowest BCUT2D eigenvalue weighted by Gasteiger charge is -2.28. The Kier molecular flexibility index (Phi) is 4.12. The van der Waals surface area contributed by atoms with E-state index in [4.69, 9.17) is 4.74 Å². The van der Waals surface area contributed by atoms with Gasteiger partial charge in [0.05, 0.1) is 5.97 Å². The molecular formula is C20H21O3-. The van der Waals surface area contributed by atoms with Gasteiger partial charge in [0, 0.05) is 5.92 Å². The summed E-state index contributed by atoms with van der Waals surface area (Å²) in [5.41, 5.74) is 2.75. The normalized spacial score (nSPS) is 17.4. The number of rotatable bonds is 4. The molecule has 3 nitrogen and oxygen atoms in total. The molecule has 0 N–H and O–H groups in total. The maximum absolute atomic E-state index is 11.0. The molecule has 1 aliphatic carbocycles. The van der Waals surface area contributed by atoms with Gasteiger partial charge in [-0.3, -0.25) is 0 Å². The van der Waals surface area contributed by atoms with Crippen molar-refractivity contribution in [2.45, 2.75) is 44.6 Å². The predicted octanol–water partition coefficient (Wildman–Crippen LogP) is 3.06. The molecule has 0 aliphatic heterocycles. The van der Waals surface area contributed by atoms with Crippen LogP contribution in [-0.4, -0.2) is 11.6 Å². The average Bonchev–Trinajstić information content (AvgIpc) is 2.55. The first kappa shape index (κ1) is 15.6. The molecule has 0 fully saturated rings. The summed E-state index contributed by atoms with van der Waals surface area (Å²) in [7, 11) is 0. The van der Waals surface area contributed by atoms with E-state index in [0.717, 1.165) is 12.8 Å². The summed E-state index contributed by atoms with van der Waals surface area (Å²) in [5, 5.41) is 11.0. The highest BCUT2D eigenvalue weighted by Crippen LogP contribution is 2.37. The highest BCUT2D eigenvalue weighted by molar-refractivity contribution is 5.74. The number of carbonyl (C=O) groups is 1. The molecule has 0 spiro atoms. The van der Waals surface area contributed by atoms with Gasteiger partial charge in [-0.15, -0.1) is 0 Å². The zero-order valence-electron chi connectivity index (χ0n) is 13.5. The highest BCUT2D eigenvalue weighted by atomic mass is 16.5. The van der Waals surface area contributed by atoms with Crippen LogP contribution >= 0.6 is 0 Å². The van der Waals surface area contributed by atoms with Crippen molar-refractivity contribution < 1.29 is 14.6 Å². The van der Waals surface area contributed by atoms with Crippen molar-refractivity contribution in [3.05, 3.63) is 65.2 Å². The molecule has 0 aromatic heterocycles. The molecule has 1 aliphatic rings. The zero-order valence-corrected chi connectivity index (χ0v) is 13.5. The molecule has 0 saturated carbocycles. The number of carboxylic acid groups (broad SMARTS) is 1. The maximum atomic E-state index is 11.0. The van der Waals surface area contributed by atoms with Crippen molar-refractivity contribution in [3.63, 3.8) is 0 Å². The topological polar surface area (TPSA) is 49.4 Å². The van der Waals surface area contributed by atoms with Gasteiger partial charge in [0.1, 0.15) is 11.4 Å². The number of aliphatic carboxylic acids is 1. The van der Waals surface area contributed by atoms with Gasteiger partial charge >= 0.3 is 0 Å². The van der Waals surface area contributed by atoms with Crippen molar-refractivity contribution in [3.8, 4) is 5.75 Å². The average molecular weight is 309 g/mol. The summed E-state index contributed by atoms with van der Waals surface area (Å²) in [6.45, 7) is 2.99. The van der Waals surface area contributed by atoms with Gasteiger partial charge in [0.2, 0.25) is 0 Å². The Morgan fingerprint density at radius 2 is 1.83 bits per heavy atom. The quantitative estimate of drug-likeness (QED) is 0.872. The van der Waals surface area contributed by atoms with Crippen LogP contribution in [-0.2, 0) is 11.2 Å². The number of carbonyl (C=O) groups excluding carboxylic acids is 1. The summed E-state index contributed by atoms with van der Waals surface area (Å²) >= 11 is 0. The van der Waals surface area contributed by atoms with Gasteiger partial charge in [-0.1, -0.05) is 36.4 Å². The summed E-state index contributed by atoms with van der Waals surface area (Å²) in [4.78, 5) is 11.0. The standard InChI is InChI=1S/C20H22O3/c1-20(2,19(21)22)23-16-12-10-15(11-13-16)18-9-5-7-14-6-3-4-8-17(14)18/h3-4,6,8,10-13,18H,5,7,9H2,1-2H3,(H,21,22)/p-1/t18-/m1/s1. The number of aryl methyl sites for hydroxylation is 1. The fraction of sp³-hybridized carbons (Fsp3) is 0.350. The third-order valence-electron chi connectivity index (χ3n) is 4.52. The molecule has 0 saturated heterocycles. The van der Waals surface area contributed by atoms with Crippen molar-refractivity contribution in [1.82, 2.24) is 0 Å². The Hall–Kier alpha value is -2.29. The molecular weight excluding hydrogens is 288 g/mol. The fourth-order valence-electron chi connectivity index (χ4n) is 3.20. The van der Waals surface area contributed by atoms with Gasteiger partial charge in [0.15, 0.2) is 0 Å². The molecule has 0 bridgehead atoms. The van der Waals surface area contributed by atoms with Crippen LogP contribution in [0.15, 0.2) is 48.5 Å². The largest absolute Gasteiger partial charge is 0.546 e. The molecule has 0 radical (unpaired) electrons. The van der Waals surface area contributed by atoms with Crippen LogP contribution in [0.25, 0.3) is 0 Å². The molecule has 1 atom stereocenters. The second-order valence-corrected chi connectivity index (χ2v) is 6.61. The lowest BCUT2D eigenvalue weighted by molar-refractivity contribution is -0.320. The van der Waals surface area contributed by atoms with Crippen molar-refractivity contribution in [2.75, 3.05) is 0 Å². The molecule has 120 valence electrons. The Morgan fingerprint density at radius 1 is 1.13 bits per heavy atom. The zero-order chi connectivity index (χ0) is 16.4. The Labute approximate surface area is 136 Å². The minimum absolute atomic E-state index is 0.406. The second kappa shape index (κ2) is 6.07. The molecule has 3 rings (SSSR count). The van der Waals surface area contributed by atoms with E-state index in [0.29, 0.717) is 11.7 Å². The van der Waals surface area contributed by atoms with Crippen molar-refractivity contribution in [1.29, 1.82) is 0 Å². The lowest BCUT2D eigenvalue weighted by Crippen LogP contribution is -2.47. The molecule has 0 unspecified atom stereocenters. The van der Waals surface area contributed by atoms with E-state index < -0.39 is 11.6 Å². The summed E-state index contributed by atoms with van der Waals surface area (Å²) in [5.74, 6) is -0.266. The fourth-order valence-corrected chi connectivity index (χ4v) is 3.20.